The number of hydrogen-bond donors (Lipinski definition) is 3. The maximum absolute atomic E-state index is 12.5. The van der Waals surface area contributed by atoms with Gasteiger partial charge < -0.3 is 20.1 Å². The predicted molar refractivity (Wildman–Crippen MR) is 112 cm³/mol. The highest BCUT2D eigenvalue weighted by atomic mass is 16.8. The summed E-state index contributed by atoms with van der Waals surface area (Å²) in [5, 5.41) is 31.4. The number of amides is 2. The van der Waals surface area contributed by atoms with Gasteiger partial charge in [-0.15, -0.1) is 0 Å². The molecule has 0 radical (unpaired) electrons. The van der Waals surface area contributed by atoms with Gasteiger partial charge in [-0.3, -0.25) is 14.5 Å². The van der Waals surface area contributed by atoms with Crippen LogP contribution in [-0.4, -0.2) is 44.6 Å². The van der Waals surface area contributed by atoms with Gasteiger partial charge in [0.2, 0.25) is 0 Å². The van der Waals surface area contributed by atoms with Crippen molar-refractivity contribution in [2.45, 2.75) is 50.6 Å². The lowest BCUT2D eigenvalue weighted by molar-refractivity contribution is -0.327. The third kappa shape index (κ3) is 4.49. The zero-order chi connectivity index (χ0) is 22.0. The van der Waals surface area contributed by atoms with Crippen molar-refractivity contribution in [1.82, 2.24) is 4.90 Å². The molecule has 1 heterocycles. The monoisotopic (exact) mass is 425 g/mol. The number of aliphatic hydroxyl groups excluding tert-OH is 1. The number of benzene rings is 2. The Balaban J connectivity index is 1.39. The van der Waals surface area contributed by atoms with Crippen LogP contribution in [0.15, 0.2) is 48.5 Å². The number of nitrogens with zero attached hydrogens (tertiary/aromatic N) is 1. The van der Waals surface area contributed by atoms with Crippen molar-refractivity contribution in [2.24, 2.45) is 5.92 Å². The SMILES string of the molecule is O=C1c2ccccc2C(=O)N1CCC(O)c1cccc(OC(O)(O)C2CCCCC2)c1. The number of aliphatic hydroxyl groups is 3. The Kier molecular flexibility index (Phi) is 6.09. The van der Waals surface area contributed by atoms with E-state index in [1.807, 2.05) is 0 Å². The molecule has 1 atom stereocenters. The quantitative estimate of drug-likeness (QED) is 0.465. The van der Waals surface area contributed by atoms with Crippen molar-refractivity contribution in [2.75, 3.05) is 6.54 Å². The van der Waals surface area contributed by atoms with E-state index in [9.17, 15) is 24.9 Å². The molecule has 2 aromatic carbocycles. The lowest BCUT2D eigenvalue weighted by Gasteiger charge is -2.33. The highest BCUT2D eigenvalue weighted by Crippen LogP contribution is 2.34. The van der Waals surface area contributed by atoms with E-state index < -0.39 is 12.1 Å². The number of hydrogen-bond acceptors (Lipinski definition) is 6. The molecule has 0 saturated heterocycles. The van der Waals surface area contributed by atoms with Gasteiger partial charge in [0.15, 0.2) is 0 Å². The fraction of sp³-hybridized carbons (Fsp3) is 0.417. The van der Waals surface area contributed by atoms with Crippen molar-refractivity contribution < 1.29 is 29.6 Å². The Hall–Kier alpha value is -2.74. The van der Waals surface area contributed by atoms with Crippen LogP contribution >= 0.6 is 0 Å². The largest absolute Gasteiger partial charge is 0.439 e. The van der Waals surface area contributed by atoms with Gasteiger partial charge in [-0.2, -0.15) is 0 Å². The van der Waals surface area contributed by atoms with E-state index in [4.69, 9.17) is 4.74 Å². The minimum atomic E-state index is -2.26. The number of carbonyl (C=O) groups excluding carboxylic acids is 2. The first kappa shape index (κ1) is 21.5. The maximum Gasteiger partial charge on any atom is 0.324 e. The van der Waals surface area contributed by atoms with Crippen molar-refractivity contribution >= 4 is 11.8 Å². The molecule has 1 fully saturated rings. The molecule has 1 aliphatic heterocycles. The molecule has 2 aromatic rings. The van der Waals surface area contributed by atoms with Gasteiger partial charge >= 0.3 is 5.97 Å². The molecule has 1 saturated carbocycles. The Morgan fingerprint density at radius 3 is 2.26 bits per heavy atom. The van der Waals surface area contributed by atoms with Crippen molar-refractivity contribution in [3.8, 4) is 5.75 Å². The topological polar surface area (TPSA) is 107 Å². The van der Waals surface area contributed by atoms with Crippen molar-refractivity contribution in [1.29, 1.82) is 0 Å². The Bertz CT molecular complexity index is 931. The van der Waals surface area contributed by atoms with E-state index in [1.54, 1.807) is 48.5 Å². The molecule has 0 spiro atoms. The van der Waals surface area contributed by atoms with Crippen LogP contribution in [0.2, 0.25) is 0 Å². The van der Waals surface area contributed by atoms with E-state index in [2.05, 4.69) is 0 Å². The molecular formula is C24H27NO6. The fourth-order valence-corrected chi connectivity index (χ4v) is 4.38. The molecule has 7 heteroatoms. The molecule has 3 N–H and O–H groups in total. The average Bonchev–Trinajstić information content (AvgIpc) is 3.02. The first-order valence-electron chi connectivity index (χ1n) is 10.7. The number of ether oxygens (including phenoxy) is 1. The molecular weight excluding hydrogens is 398 g/mol. The smallest absolute Gasteiger partial charge is 0.324 e. The summed E-state index contributed by atoms with van der Waals surface area (Å²) in [7, 11) is 0. The van der Waals surface area contributed by atoms with Crippen molar-refractivity contribution in [3.05, 3.63) is 65.2 Å². The van der Waals surface area contributed by atoms with Crippen LogP contribution in [0, 0.1) is 5.92 Å². The van der Waals surface area contributed by atoms with Crippen LogP contribution in [0.4, 0.5) is 0 Å². The third-order valence-corrected chi connectivity index (χ3v) is 6.15. The highest BCUT2D eigenvalue weighted by molar-refractivity contribution is 6.21. The standard InChI is InChI=1S/C24H27NO6/c26-21(13-14-25-22(27)19-11-4-5-12-20(19)23(25)28)16-7-6-10-18(15-16)31-24(29,30)17-8-2-1-3-9-17/h4-7,10-12,15,17,21,26,29-30H,1-3,8-9,13-14H2. The van der Waals surface area contributed by atoms with E-state index >= 15 is 0 Å². The van der Waals surface area contributed by atoms with Gasteiger partial charge in [0.1, 0.15) is 5.75 Å². The predicted octanol–water partition coefficient (Wildman–Crippen LogP) is 3.00. The molecule has 4 rings (SSSR count). The summed E-state index contributed by atoms with van der Waals surface area (Å²) < 4.78 is 5.47. The maximum atomic E-state index is 12.5. The molecule has 1 unspecified atom stereocenters. The fourth-order valence-electron chi connectivity index (χ4n) is 4.38. The zero-order valence-electron chi connectivity index (χ0n) is 17.2. The van der Waals surface area contributed by atoms with Gasteiger partial charge in [0.25, 0.3) is 11.8 Å². The van der Waals surface area contributed by atoms with Gasteiger partial charge in [0, 0.05) is 6.54 Å². The summed E-state index contributed by atoms with van der Waals surface area (Å²) in [6, 6.07) is 13.2. The molecule has 2 amide bonds. The van der Waals surface area contributed by atoms with Crippen molar-refractivity contribution in [3.63, 3.8) is 0 Å². The Labute approximate surface area is 180 Å². The summed E-state index contributed by atoms with van der Waals surface area (Å²) in [6.07, 6.45) is 3.54. The lowest BCUT2D eigenvalue weighted by atomic mass is 9.87. The van der Waals surface area contributed by atoms with Crippen LogP contribution < -0.4 is 4.74 Å². The number of carbonyl (C=O) groups is 2. The van der Waals surface area contributed by atoms with Gasteiger partial charge in [-0.1, -0.05) is 43.5 Å². The molecule has 31 heavy (non-hydrogen) atoms. The Morgan fingerprint density at radius 1 is 0.968 bits per heavy atom. The highest BCUT2D eigenvalue weighted by Gasteiger charge is 2.38. The summed E-state index contributed by atoms with van der Waals surface area (Å²) in [5.41, 5.74) is 1.26. The van der Waals surface area contributed by atoms with Gasteiger partial charge in [-0.25, -0.2) is 0 Å². The Morgan fingerprint density at radius 2 is 1.61 bits per heavy atom. The van der Waals surface area contributed by atoms with Crippen LogP contribution in [0.3, 0.4) is 0 Å². The van der Waals surface area contributed by atoms with E-state index in [-0.39, 0.29) is 36.4 Å². The van der Waals surface area contributed by atoms with Crippen LogP contribution in [-0.2, 0) is 0 Å². The second-order valence-electron chi connectivity index (χ2n) is 8.28. The average molecular weight is 425 g/mol. The van der Waals surface area contributed by atoms with E-state index in [1.165, 1.54) is 0 Å². The second kappa shape index (κ2) is 8.78. The normalized spacial score (nSPS) is 18.2. The summed E-state index contributed by atoms with van der Waals surface area (Å²) in [5.74, 6) is -3.09. The number of fused-ring (bicyclic) bond motifs is 1. The summed E-state index contributed by atoms with van der Waals surface area (Å²) in [6.45, 7) is 0.0740. The minimum Gasteiger partial charge on any atom is -0.439 e. The molecule has 164 valence electrons. The molecule has 7 nitrogen and oxygen atoms in total. The number of imide groups is 1. The lowest BCUT2D eigenvalue weighted by Crippen LogP contribution is -2.44. The van der Waals surface area contributed by atoms with Crippen LogP contribution in [0.25, 0.3) is 0 Å². The minimum absolute atomic E-state index is 0.0740. The van der Waals surface area contributed by atoms with E-state index in [0.29, 0.717) is 29.5 Å². The zero-order valence-corrected chi connectivity index (χ0v) is 17.2. The molecule has 0 aromatic heterocycles. The van der Waals surface area contributed by atoms with Gasteiger partial charge in [0.05, 0.1) is 23.1 Å². The first-order valence-corrected chi connectivity index (χ1v) is 10.7. The van der Waals surface area contributed by atoms with Crippen LogP contribution in [0.5, 0.6) is 5.75 Å². The first-order chi connectivity index (χ1) is 14.9. The molecule has 2 aliphatic rings. The summed E-state index contributed by atoms with van der Waals surface area (Å²) >= 11 is 0. The molecule has 1 aliphatic carbocycles. The summed E-state index contributed by atoms with van der Waals surface area (Å²) in [4.78, 5) is 26.1. The number of rotatable bonds is 7. The molecule has 0 bridgehead atoms. The second-order valence-corrected chi connectivity index (χ2v) is 8.28. The third-order valence-electron chi connectivity index (χ3n) is 6.15. The van der Waals surface area contributed by atoms with Crippen LogP contribution in [0.1, 0.15) is 70.9 Å². The van der Waals surface area contributed by atoms with E-state index in [0.717, 1.165) is 24.2 Å². The van der Waals surface area contributed by atoms with Gasteiger partial charge in [-0.05, 0) is 49.1 Å².